The molecule has 1 aromatic carbocycles. The van der Waals surface area contributed by atoms with Crippen molar-refractivity contribution in [2.75, 3.05) is 13.1 Å². The molecule has 138 valence electrons. The number of thioether (sulfide) groups is 1. The number of aromatic nitrogens is 1. The molecule has 0 unspecified atom stereocenters. The molecule has 5 nitrogen and oxygen atoms in total. The number of thiazole rings is 1. The van der Waals surface area contributed by atoms with Gasteiger partial charge in [-0.15, -0.1) is 11.3 Å². The number of amides is 2. The van der Waals surface area contributed by atoms with Crippen molar-refractivity contribution in [2.45, 2.75) is 36.3 Å². The average Bonchev–Trinajstić information content (AvgIpc) is 3.08. The summed E-state index contributed by atoms with van der Waals surface area (Å²) in [5, 5.41) is 1.96. The number of nitrogens with zero attached hydrogens (tertiary/aromatic N) is 2. The van der Waals surface area contributed by atoms with E-state index in [0.29, 0.717) is 32.4 Å². The highest BCUT2D eigenvalue weighted by molar-refractivity contribution is 8.00. The number of carbonyl (C=O) groups excluding carboxylic acids is 2. The highest BCUT2D eigenvalue weighted by Crippen LogP contribution is 2.27. The molecule has 7 heteroatoms. The Labute approximate surface area is 162 Å². The molecule has 1 saturated heterocycles. The SMILES string of the molecule is Cc1ccc(CSc2nc(CC(=O)N3CCC(C(N)=O)CC3)cs2)cc1. The molecule has 26 heavy (non-hydrogen) atoms. The van der Waals surface area contributed by atoms with Crippen LogP contribution in [0.5, 0.6) is 0 Å². The number of aryl methyl sites for hydroxylation is 1. The molecule has 2 N–H and O–H groups in total. The van der Waals surface area contributed by atoms with Crippen LogP contribution >= 0.6 is 23.1 Å². The van der Waals surface area contributed by atoms with Crippen molar-refractivity contribution in [3.05, 3.63) is 46.5 Å². The molecule has 0 saturated carbocycles. The molecule has 0 spiro atoms. The van der Waals surface area contributed by atoms with E-state index >= 15 is 0 Å². The number of carbonyl (C=O) groups is 2. The van der Waals surface area contributed by atoms with Gasteiger partial charge in [-0.3, -0.25) is 9.59 Å². The number of nitrogens with two attached hydrogens (primary N) is 1. The summed E-state index contributed by atoms with van der Waals surface area (Å²) in [6, 6.07) is 8.50. The van der Waals surface area contributed by atoms with Crippen LogP contribution in [0.1, 0.15) is 29.7 Å². The van der Waals surface area contributed by atoms with Crippen molar-refractivity contribution in [1.82, 2.24) is 9.88 Å². The number of hydrogen-bond donors (Lipinski definition) is 1. The summed E-state index contributed by atoms with van der Waals surface area (Å²) in [5.74, 6) is 0.602. The van der Waals surface area contributed by atoms with E-state index in [4.69, 9.17) is 5.73 Å². The van der Waals surface area contributed by atoms with E-state index in [2.05, 4.69) is 36.2 Å². The van der Waals surface area contributed by atoms with Crippen LogP contribution in [-0.2, 0) is 21.8 Å². The second-order valence-corrected chi connectivity index (χ2v) is 8.69. The van der Waals surface area contributed by atoms with Gasteiger partial charge in [-0.25, -0.2) is 4.98 Å². The van der Waals surface area contributed by atoms with Gasteiger partial charge in [0, 0.05) is 30.1 Å². The Morgan fingerprint density at radius 2 is 1.96 bits per heavy atom. The minimum absolute atomic E-state index is 0.0771. The van der Waals surface area contributed by atoms with Crippen molar-refractivity contribution >= 4 is 34.9 Å². The highest BCUT2D eigenvalue weighted by Gasteiger charge is 2.26. The molecule has 0 bridgehead atoms. The molecule has 0 radical (unpaired) electrons. The minimum atomic E-state index is -0.258. The zero-order valence-electron chi connectivity index (χ0n) is 14.8. The Balaban J connectivity index is 1.48. The third-order valence-electron chi connectivity index (χ3n) is 4.60. The molecule has 1 aliphatic rings. The van der Waals surface area contributed by atoms with Crippen LogP contribution in [0.3, 0.4) is 0 Å². The lowest BCUT2D eigenvalue weighted by Gasteiger charge is -2.30. The summed E-state index contributed by atoms with van der Waals surface area (Å²) in [7, 11) is 0. The topological polar surface area (TPSA) is 76.3 Å². The third kappa shape index (κ3) is 5.08. The summed E-state index contributed by atoms with van der Waals surface area (Å²) in [4.78, 5) is 30.0. The molecule has 2 amide bonds. The largest absolute Gasteiger partial charge is 0.369 e. The zero-order valence-corrected chi connectivity index (χ0v) is 16.4. The van der Waals surface area contributed by atoms with E-state index < -0.39 is 0 Å². The molecule has 1 fully saturated rings. The van der Waals surface area contributed by atoms with Crippen LogP contribution in [0.4, 0.5) is 0 Å². The summed E-state index contributed by atoms with van der Waals surface area (Å²) >= 11 is 3.28. The fourth-order valence-corrected chi connectivity index (χ4v) is 4.75. The van der Waals surface area contributed by atoms with Crippen molar-refractivity contribution in [1.29, 1.82) is 0 Å². The maximum atomic E-state index is 12.4. The van der Waals surface area contributed by atoms with E-state index in [1.54, 1.807) is 23.1 Å². The van der Waals surface area contributed by atoms with Crippen molar-refractivity contribution in [3.63, 3.8) is 0 Å². The third-order valence-corrected chi connectivity index (χ3v) is 6.74. The Morgan fingerprint density at radius 1 is 1.27 bits per heavy atom. The van der Waals surface area contributed by atoms with Crippen molar-refractivity contribution < 1.29 is 9.59 Å². The fourth-order valence-electron chi connectivity index (χ4n) is 2.95. The second-order valence-electron chi connectivity index (χ2n) is 6.61. The molecular weight excluding hydrogens is 366 g/mol. The molecule has 0 aliphatic carbocycles. The summed E-state index contributed by atoms with van der Waals surface area (Å²) in [6.45, 7) is 3.29. The quantitative estimate of drug-likeness (QED) is 0.771. The van der Waals surface area contributed by atoms with Crippen LogP contribution in [0.25, 0.3) is 0 Å². The first-order valence-electron chi connectivity index (χ1n) is 8.71. The number of rotatable bonds is 6. The standard InChI is InChI=1S/C19H23N3O2S2/c1-13-2-4-14(5-3-13)11-25-19-21-16(12-26-19)10-17(23)22-8-6-15(7-9-22)18(20)24/h2-5,12,15H,6-11H2,1H3,(H2,20,24). The first kappa shape index (κ1) is 18.9. The lowest BCUT2D eigenvalue weighted by molar-refractivity contribution is -0.134. The molecule has 1 aliphatic heterocycles. The minimum Gasteiger partial charge on any atom is -0.369 e. The highest BCUT2D eigenvalue weighted by atomic mass is 32.2. The lowest BCUT2D eigenvalue weighted by atomic mass is 9.96. The smallest absolute Gasteiger partial charge is 0.228 e. The summed E-state index contributed by atoms with van der Waals surface area (Å²) < 4.78 is 0.987. The van der Waals surface area contributed by atoms with Gasteiger partial charge in [0.1, 0.15) is 4.34 Å². The summed E-state index contributed by atoms with van der Waals surface area (Å²) in [5.41, 5.74) is 8.69. The summed E-state index contributed by atoms with van der Waals surface area (Å²) in [6.07, 6.45) is 1.65. The number of hydrogen-bond acceptors (Lipinski definition) is 5. The van der Waals surface area contributed by atoms with Crippen molar-refractivity contribution in [2.24, 2.45) is 11.7 Å². The van der Waals surface area contributed by atoms with Gasteiger partial charge in [-0.05, 0) is 25.3 Å². The van der Waals surface area contributed by atoms with Gasteiger partial charge in [0.05, 0.1) is 12.1 Å². The van der Waals surface area contributed by atoms with E-state index in [-0.39, 0.29) is 17.7 Å². The molecule has 3 rings (SSSR count). The maximum absolute atomic E-state index is 12.4. The van der Waals surface area contributed by atoms with Crippen molar-refractivity contribution in [3.8, 4) is 0 Å². The van der Waals surface area contributed by atoms with E-state index in [1.807, 2.05) is 10.3 Å². The monoisotopic (exact) mass is 389 g/mol. The van der Waals surface area contributed by atoms with Crippen LogP contribution in [0.15, 0.2) is 34.0 Å². The first-order valence-corrected chi connectivity index (χ1v) is 10.6. The number of benzene rings is 1. The lowest BCUT2D eigenvalue weighted by Crippen LogP contribution is -2.42. The van der Waals surface area contributed by atoms with E-state index in [9.17, 15) is 9.59 Å². The van der Waals surface area contributed by atoms with Gasteiger partial charge in [0.15, 0.2) is 0 Å². The number of piperidine rings is 1. The van der Waals surface area contributed by atoms with Crippen LogP contribution in [0, 0.1) is 12.8 Å². The molecular formula is C19H23N3O2S2. The molecule has 1 aromatic heterocycles. The van der Waals surface area contributed by atoms with E-state index in [0.717, 1.165) is 15.8 Å². The Morgan fingerprint density at radius 3 is 2.62 bits per heavy atom. The molecule has 2 heterocycles. The maximum Gasteiger partial charge on any atom is 0.228 e. The molecule has 2 aromatic rings. The predicted octanol–water partition coefficient (Wildman–Crippen LogP) is 3.01. The van der Waals surface area contributed by atoms with Crippen LogP contribution in [-0.4, -0.2) is 34.8 Å². The Kier molecular flexibility index (Phi) is 6.32. The molecule has 0 atom stereocenters. The van der Waals surface area contributed by atoms with Gasteiger partial charge in [-0.2, -0.15) is 0 Å². The van der Waals surface area contributed by atoms with E-state index in [1.165, 1.54) is 11.1 Å². The number of likely N-dealkylation sites (tertiary alicyclic amines) is 1. The van der Waals surface area contributed by atoms with Gasteiger partial charge in [0.25, 0.3) is 0 Å². The fraction of sp³-hybridized carbons (Fsp3) is 0.421. The van der Waals surface area contributed by atoms with Gasteiger partial charge in [-0.1, -0.05) is 41.6 Å². The second kappa shape index (κ2) is 8.68. The zero-order chi connectivity index (χ0) is 18.5. The average molecular weight is 390 g/mol. The normalized spacial score (nSPS) is 15.2. The van der Waals surface area contributed by atoms with Crippen LogP contribution < -0.4 is 5.73 Å². The predicted molar refractivity (Wildman–Crippen MR) is 105 cm³/mol. The van der Waals surface area contributed by atoms with Gasteiger partial charge in [0.2, 0.25) is 11.8 Å². The van der Waals surface area contributed by atoms with Gasteiger partial charge < -0.3 is 10.6 Å². The first-order chi connectivity index (χ1) is 12.5. The Bertz CT molecular complexity index is 765. The number of primary amides is 1. The Hall–Kier alpha value is -1.86. The van der Waals surface area contributed by atoms with Crippen LogP contribution in [0.2, 0.25) is 0 Å². The van der Waals surface area contributed by atoms with Gasteiger partial charge >= 0.3 is 0 Å².